The molecule has 7 nitrogen and oxygen atoms in total. The molecule has 204 valence electrons. The van der Waals surface area contributed by atoms with E-state index in [0.29, 0.717) is 17.7 Å². The third-order valence-corrected chi connectivity index (χ3v) is 5.36. The summed E-state index contributed by atoms with van der Waals surface area (Å²) >= 11 is 0. The van der Waals surface area contributed by atoms with Crippen LogP contribution in [0.25, 0.3) is 10.9 Å². The average molecular weight is 551 g/mol. The van der Waals surface area contributed by atoms with Crippen molar-refractivity contribution in [1.29, 1.82) is 0 Å². The zero-order valence-corrected chi connectivity index (χ0v) is 20.3. The number of esters is 1. The molecule has 39 heavy (non-hydrogen) atoms. The number of rotatable bonds is 7. The lowest BCUT2D eigenvalue weighted by atomic mass is 10.1. The second-order valence-corrected chi connectivity index (χ2v) is 8.13. The van der Waals surface area contributed by atoms with Gasteiger partial charge in [-0.2, -0.15) is 26.3 Å². The third kappa shape index (κ3) is 6.37. The summed E-state index contributed by atoms with van der Waals surface area (Å²) in [5.41, 5.74) is -2.92. The van der Waals surface area contributed by atoms with Crippen LogP contribution in [-0.2, 0) is 28.6 Å². The maximum Gasteiger partial charge on any atom is 0.416 e. The van der Waals surface area contributed by atoms with Crippen LogP contribution in [0, 0.1) is 0 Å². The Morgan fingerprint density at radius 1 is 0.872 bits per heavy atom. The second-order valence-electron chi connectivity index (χ2n) is 8.13. The molecule has 4 aromatic rings. The van der Waals surface area contributed by atoms with Crippen LogP contribution in [0.2, 0.25) is 0 Å². The van der Waals surface area contributed by atoms with E-state index in [-0.39, 0.29) is 40.9 Å². The Labute approximate surface area is 217 Å². The number of benzene rings is 3. The molecule has 0 saturated heterocycles. The Kier molecular flexibility index (Phi) is 7.63. The van der Waals surface area contributed by atoms with E-state index in [1.54, 1.807) is 30.3 Å². The van der Waals surface area contributed by atoms with Crippen molar-refractivity contribution in [3.8, 4) is 11.5 Å². The molecule has 0 fully saturated rings. The summed E-state index contributed by atoms with van der Waals surface area (Å²) in [4.78, 5) is 25.6. The van der Waals surface area contributed by atoms with Gasteiger partial charge >= 0.3 is 18.3 Å². The van der Waals surface area contributed by atoms with Gasteiger partial charge in [-0.25, -0.2) is 15.0 Å². The SMILES string of the molecule is COc1cc2ncnc(N(OCc3ccccc3)c3cc(C(F)(F)F)cc(C(F)(F)F)c3)c2cc1OC(C)=O. The van der Waals surface area contributed by atoms with Gasteiger partial charge in [-0.05, 0) is 29.8 Å². The molecule has 3 aromatic carbocycles. The van der Waals surface area contributed by atoms with E-state index < -0.39 is 35.1 Å². The van der Waals surface area contributed by atoms with Crippen LogP contribution < -0.4 is 14.5 Å². The van der Waals surface area contributed by atoms with E-state index in [1.807, 2.05) is 0 Å². The van der Waals surface area contributed by atoms with Gasteiger partial charge in [0.25, 0.3) is 0 Å². The fourth-order valence-electron chi connectivity index (χ4n) is 3.63. The number of carbonyl (C=O) groups is 1. The summed E-state index contributed by atoms with van der Waals surface area (Å²) in [6.45, 7) is 0.902. The molecule has 0 spiro atoms. The molecule has 0 atom stereocenters. The Hall–Kier alpha value is -4.39. The number of halogens is 6. The van der Waals surface area contributed by atoms with Gasteiger partial charge in [0.1, 0.15) is 12.9 Å². The van der Waals surface area contributed by atoms with Gasteiger partial charge in [-0.1, -0.05) is 30.3 Å². The van der Waals surface area contributed by atoms with Crippen molar-refractivity contribution in [2.24, 2.45) is 0 Å². The maximum absolute atomic E-state index is 13.6. The second kappa shape index (κ2) is 10.8. The van der Waals surface area contributed by atoms with Gasteiger partial charge < -0.3 is 9.47 Å². The van der Waals surface area contributed by atoms with Crippen molar-refractivity contribution in [1.82, 2.24) is 9.97 Å². The fraction of sp³-hybridized carbons (Fsp3) is 0.192. The number of methoxy groups -OCH3 is 1. The highest BCUT2D eigenvalue weighted by atomic mass is 19.4. The molecule has 0 bridgehead atoms. The van der Waals surface area contributed by atoms with Gasteiger partial charge in [0.2, 0.25) is 0 Å². The van der Waals surface area contributed by atoms with E-state index >= 15 is 0 Å². The topological polar surface area (TPSA) is 73.8 Å². The summed E-state index contributed by atoms with van der Waals surface area (Å²) in [5, 5.41) is 0.847. The summed E-state index contributed by atoms with van der Waals surface area (Å²) in [5.74, 6) is -0.871. The molecule has 0 radical (unpaired) electrons. The number of nitrogens with zero attached hydrogens (tertiary/aromatic N) is 3. The first-order chi connectivity index (χ1) is 18.4. The minimum Gasteiger partial charge on any atom is -0.493 e. The van der Waals surface area contributed by atoms with Crippen molar-refractivity contribution in [3.05, 3.63) is 83.7 Å². The van der Waals surface area contributed by atoms with E-state index in [0.717, 1.165) is 18.3 Å². The number of fused-ring (bicyclic) bond motifs is 1. The van der Waals surface area contributed by atoms with Gasteiger partial charge in [0.15, 0.2) is 17.3 Å². The Morgan fingerprint density at radius 3 is 2.08 bits per heavy atom. The van der Waals surface area contributed by atoms with Crippen molar-refractivity contribution in [2.75, 3.05) is 12.2 Å². The van der Waals surface area contributed by atoms with Crippen LogP contribution in [0.1, 0.15) is 23.6 Å². The Bertz CT molecular complexity index is 1460. The molecule has 0 saturated carbocycles. The zero-order valence-electron chi connectivity index (χ0n) is 20.3. The monoisotopic (exact) mass is 551 g/mol. The minimum absolute atomic E-state index is 0.0145. The molecule has 0 aliphatic heterocycles. The maximum atomic E-state index is 13.6. The quantitative estimate of drug-likeness (QED) is 0.107. The lowest BCUT2D eigenvalue weighted by molar-refractivity contribution is -0.143. The van der Waals surface area contributed by atoms with Crippen LogP contribution in [-0.4, -0.2) is 23.0 Å². The van der Waals surface area contributed by atoms with E-state index in [2.05, 4.69) is 9.97 Å². The molecular weight excluding hydrogens is 532 g/mol. The standard InChI is InChI=1S/C26H19F6N3O4/c1-15(36)39-23-11-20-21(12-22(23)37-2)33-14-34-24(20)35(38-13-16-6-4-3-5-7-16)19-9-17(25(27,28)29)8-18(10-19)26(30,31)32/h3-12,14H,13H2,1-2H3. The van der Waals surface area contributed by atoms with Crippen molar-refractivity contribution >= 4 is 28.4 Å². The highest BCUT2D eigenvalue weighted by Crippen LogP contribution is 2.42. The Morgan fingerprint density at radius 2 is 1.51 bits per heavy atom. The molecule has 0 aliphatic carbocycles. The normalized spacial score (nSPS) is 11.9. The summed E-state index contributed by atoms with van der Waals surface area (Å²) in [6.07, 6.45) is -9.13. The lowest BCUT2D eigenvalue weighted by Gasteiger charge is -2.26. The van der Waals surface area contributed by atoms with Gasteiger partial charge in [-0.3, -0.25) is 9.63 Å². The van der Waals surface area contributed by atoms with Crippen LogP contribution in [0.4, 0.5) is 37.8 Å². The largest absolute Gasteiger partial charge is 0.493 e. The predicted molar refractivity (Wildman–Crippen MR) is 127 cm³/mol. The van der Waals surface area contributed by atoms with Crippen molar-refractivity contribution in [2.45, 2.75) is 25.9 Å². The number of ether oxygens (including phenoxy) is 2. The molecule has 0 N–H and O–H groups in total. The minimum atomic E-state index is -5.09. The van der Waals surface area contributed by atoms with Gasteiger partial charge in [-0.15, -0.1) is 0 Å². The lowest BCUT2D eigenvalue weighted by Crippen LogP contribution is -2.21. The molecule has 4 rings (SSSR count). The van der Waals surface area contributed by atoms with Crippen molar-refractivity contribution < 1.29 is 45.4 Å². The summed E-state index contributed by atoms with van der Waals surface area (Å²) in [6, 6.07) is 12.1. The first-order valence-corrected chi connectivity index (χ1v) is 11.1. The van der Waals surface area contributed by atoms with E-state index in [1.165, 1.54) is 19.2 Å². The highest BCUT2D eigenvalue weighted by molar-refractivity contribution is 5.93. The Balaban J connectivity index is 1.95. The van der Waals surface area contributed by atoms with Gasteiger partial charge in [0.05, 0.1) is 29.4 Å². The molecule has 0 amide bonds. The van der Waals surface area contributed by atoms with Crippen LogP contribution >= 0.6 is 0 Å². The number of aromatic nitrogens is 2. The number of carbonyl (C=O) groups excluding carboxylic acids is 1. The smallest absolute Gasteiger partial charge is 0.416 e. The molecule has 0 unspecified atom stereocenters. The molecule has 0 aliphatic rings. The number of hydrogen-bond acceptors (Lipinski definition) is 7. The summed E-state index contributed by atoms with van der Waals surface area (Å²) < 4.78 is 92.3. The molecule has 1 aromatic heterocycles. The molecule has 13 heteroatoms. The molecule has 1 heterocycles. The van der Waals surface area contributed by atoms with Crippen molar-refractivity contribution in [3.63, 3.8) is 0 Å². The number of alkyl halides is 6. The highest BCUT2D eigenvalue weighted by Gasteiger charge is 2.38. The van der Waals surface area contributed by atoms with Gasteiger partial charge in [0, 0.05) is 18.4 Å². The molecular formula is C26H19F6N3O4. The van der Waals surface area contributed by atoms with Crippen LogP contribution in [0.15, 0.2) is 67.0 Å². The zero-order chi connectivity index (χ0) is 28.4. The third-order valence-electron chi connectivity index (χ3n) is 5.36. The summed E-state index contributed by atoms with van der Waals surface area (Å²) in [7, 11) is 1.31. The average Bonchev–Trinajstić information content (AvgIpc) is 2.87. The van der Waals surface area contributed by atoms with E-state index in [9.17, 15) is 31.1 Å². The first kappa shape index (κ1) is 27.6. The van der Waals surface area contributed by atoms with E-state index in [4.69, 9.17) is 14.3 Å². The van der Waals surface area contributed by atoms with Crippen LogP contribution in [0.5, 0.6) is 11.5 Å². The fourth-order valence-corrected chi connectivity index (χ4v) is 3.63. The predicted octanol–water partition coefficient (Wildman–Crippen LogP) is 6.87. The number of hydrogen-bond donors (Lipinski definition) is 0. The first-order valence-electron chi connectivity index (χ1n) is 11.1. The number of anilines is 2. The van der Waals surface area contributed by atoms with Crippen LogP contribution in [0.3, 0.4) is 0 Å².